The van der Waals surface area contributed by atoms with Crippen molar-refractivity contribution in [3.63, 3.8) is 0 Å². The number of likely N-dealkylation sites (tertiary alicyclic amines) is 2. The second-order valence-corrected chi connectivity index (χ2v) is 15.4. The largest absolute Gasteiger partial charge is 0.457 e. The number of nitrogens with zero attached hydrogens (tertiary/aromatic N) is 8. The Hall–Kier alpha value is -5.86. The quantitative estimate of drug-likeness (QED) is 0.223. The minimum atomic E-state index is -0.595. The molecular weight excluding hydrogens is 697 g/mol. The van der Waals surface area contributed by atoms with E-state index in [2.05, 4.69) is 40.7 Å². The normalized spacial score (nSPS) is 21.5. The molecule has 14 nitrogen and oxygen atoms in total. The van der Waals surface area contributed by atoms with E-state index in [0.29, 0.717) is 36.4 Å². The summed E-state index contributed by atoms with van der Waals surface area (Å²) in [5, 5.41) is 8.28. The lowest BCUT2D eigenvalue weighted by molar-refractivity contribution is -0.136. The van der Waals surface area contributed by atoms with Gasteiger partial charge in [-0.25, -0.2) is 14.6 Å². The second kappa shape index (κ2) is 13.5. The van der Waals surface area contributed by atoms with Crippen LogP contribution in [0.5, 0.6) is 11.5 Å². The van der Waals surface area contributed by atoms with Crippen molar-refractivity contribution in [2.45, 2.75) is 56.4 Å². The summed E-state index contributed by atoms with van der Waals surface area (Å²) >= 11 is 0. The minimum absolute atomic E-state index is 0.128. The zero-order valence-electron chi connectivity index (χ0n) is 30.4. The summed E-state index contributed by atoms with van der Waals surface area (Å²) < 4.78 is 8.08. The van der Waals surface area contributed by atoms with Gasteiger partial charge in [0.15, 0.2) is 5.65 Å². The Morgan fingerprint density at radius 1 is 0.782 bits per heavy atom. The predicted octanol–water partition coefficient (Wildman–Crippen LogP) is 3.84. The number of fused-ring (bicyclic) bond motifs is 2. The van der Waals surface area contributed by atoms with Gasteiger partial charge in [-0.3, -0.25) is 29.5 Å². The molecule has 55 heavy (non-hydrogen) atoms. The highest BCUT2D eigenvalue weighted by Crippen LogP contribution is 2.37. The van der Waals surface area contributed by atoms with Crippen molar-refractivity contribution in [3.8, 4) is 22.8 Å². The zero-order valence-corrected chi connectivity index (χ0v) is 30.4. The number of amides is 3. The minimum Gasteiger partial charge on any atom is -0.457 e. The topological polar surface area (TPSA) is 155 Å². The van der Waals surface area contributed by atoms with Crippen LogP contribution in [0.25, 0.3) is 22.3 Å². The number of nitrogen functional groups attached to an aromatic ring is 1. The SMILES string of the molecule is Nc1ncnc2c1c(-c1ccc(Oc3ccccc3)cc1)nn2C1CCN(C2CN(C3CN(c4ccc5c(c4)C(=O)N(C4CCC(=O)NC4=O)C5)C3)C2)CC1. The number of piperidine rings is 2. The van der Waals surface area contributed by atoms with E-state index >= 15 is 0 Å². The highest BCUT2D eigenvalue weighted by molar-refractivity contribution is 6.05. The van der Waals surface area contributed by atoms with Crippen LogP contribution in [0.3, 0.4) is 0 Å². The van der Waals surface area contributed by atoms with Gasteiger partial charge in [0.05, 0.1) is 11.4 Å². The zero-order chi connectivity index (χ0) is 37.2. The van der Waals surface area contributed by atoms with Gasteiger partial charge in [-0.15, -0.1) is 0 Å². The fraction of sp³-hybridized carbons (Fsp3) is 0.366. The summed E-state index contributed by atoms with van der Waals surface area (Å²) in [6.45, 7) is 6.40. The molecule has 3 N–H and O–H groups in total. The number of nitrogens with two attached hydrogens (primary N) is 1. The highest BCUT2D eigenvalue weighted by atomic mass is 16.5. The van der Waals surface area contributed by atoms with Crippen molar-refractivity contribution >= 4 is 40.3 Å². The fourth-order valence-corrected chi connectivity index (χ4v) is 8.91. The first-order valence-corrected chi connectivity index (χ1v) is 19.2. The number of imide groups is 1. The molecule has 7 heterocycles. The Bertz CT molecular complexity index is 2290. The van der Waals surface area contributed by atoms with E-state index in [1.165, 1.54) is 6.33 Å². The lowest BCUT2D eigenvalue weighted by Crippen LogP contribution is -2.70. The van der Waals surface area contributed by atoms with Gasteiger partial charge < -0.3 is 20.3 Å². The van der Waals surface area contributed by atoms with Crippen LogP contribution in [0.1, 0.15) is 47.6 Å². The maximum Gasteiger partial charge on any atom is 0.255 e. The molecule has 4 saturated heterocycles. The van der Waals surface area contributed by atoms with Crippen molar-refractivity contribution in [2.24, 2.45) is 0 Å². The van der Waals surface area contributed by atoms with Crippen LogP contribution in [0.4, 0.5) is 11.5 Å². The number of hydrogen-bond donors (Lipinski definition) is 2. The fourth-order valence-electron chi connectivity index (χ4n) is 8.91. The third-order valence-electron chi connectivity index (χ3n) is 12.1. The van der Waals surface area contributed by atoms with Crippen molar-refractivity contribution < 1.29 is 19.1 Å². The molecule has 10 rings (SSSR count). The summed E-state index contributed by atoms with van der Waals surface area (Å²) in [4.78, 5) is 55.5. The molecule has 280 valence electrons. The summed E-state index contributed by atoms with van der Waals surface area (Å²) in [6, 6.07) is 24.4. The summed E-state index contributed by atoms with van der Waals surface area (Å²) in [7, 11) is 0. The Labute approximate surface area is 317 Å². The van der Waals surface area contributed by atoms with Crippen molar-refractivity contribution in [1.29, 1.82) is 0 Å². The Morgan fingerprint density at radius 2 is 1.53 bits per heavy atom. The lowest BCUT2D eigenvalue weighted by Gasteiger charge is -2.55. The number of carbonyl (C=O) groups is 3. The van der Waals surface area contributed by atoms with E-state index in [4.69, 9.17) is 15.6 Å². The number of benzene rings is 3. The Balaban J connectivity index is 0.734. The molecule has 0 bridgehead atoms. The van der Waals surface area contributed by atoms with Crippen LogP contribution in [0, 0.1) is 0 Å². The molecule has 0 saturated carbocycles. The maximum absolute atomic E-state index is 13.3. The monoisotopic (exact) mass is 738 g/mol. The number of ether oxygens (including phenoxy) is 1. The van der Waals surface area contributed by atoms with Gasteiger partial charge in [-0.1, -0.05) is 24.3 Å². The summed E-state index contributed by atoms with van der Waals surface area (Å²) in [6.07, 6.45) is 4.12. The number of nitrogens with one attached hydrogen (secondary N) is 1. The van der Waals surface area contributed by atoms with Crippen LogP contribution in [0.15, 0.2) is 79.1 Å². The second-order valence-electron chi connectivity index (χ2n) is 15.4. The van der Waals surface area contributed by atoms with Crippen molar-refractivity contribution in [3.05, 3.63) is 90.3 Å². The summed E-state index contributed by atoms with van der Waals surface area (Å²) in [5.41, 5.74) is 11.6. The van der Waals surface area contributed by atoms with Crippen LogP contribution in [0.2, 0.25) is 0 Å². The molecular formula is C41H42N10O4. The van der Waals surface area contributed by atoms with Gasteiger partial charge in [0.1, 0.15) is 35.4 Å². The van der Waals surface area contributed by atoms with Gasteiger partial charge in [0, 0.05) is 81.1 Å². The average molecular weight is 739 g/mol. The molecule has 5 aliphatic rings. The number of anilines is 2. The number of rotatable bonds is 8. The van der Waals surface area contributed by atoms with E-state index in [0.717, 1.165) is 97.2 Å². The van der Waals surface area contributed by atoms with Gasteiger partial charge in [0.2, 0.25) is 11.8 Å². The van der Waals surface area contributed by atoms with Gasteiger partial charge in [-0.05, 0) is 73.4 Å². The maximum atomic E-state index is 13.3. The standard InChI is InChI=1S/C41H42N10O4/c42-38-36-37(25-7-10-32(11-8-25)55-31-4-2-1-3-5-31)46-51(39(36)44-24-43-38)27-14-16-47(17-15-27)29-20-49(21-29)30-22-48(23-30)28-9-6-26-19-50(41(54)33(26)18-28)34-12-13-35(52)45-40(34)53/h1-11,18,24,27,29-30,34H,12-17,19-23H2,(H2,42,43,44)(H,45,52,53). The molecule has 1 unspecified atom stereocenters. The van der Waals surface area contributed by atoms with E-state index in [1.807, 2.05) is 66.7 Å². The van der Waals surface area contributed by atoms with E-state index in [9.17, 15) is 14.4 Å². The third-order valence-corrected chi connectivity index (χ3v) is 12.1. The Kier molecular flexibility index (Phi) is 8.25. The molecule has 14 heteroatoms. The molecule has 2 aromatic heterocycles. The van der Waals surface area contributed by atoms with Crippen LogP contribution in [-0.4, -0.2) is 110 Å². The van der Waals surface area contributed by atoms with Gasteiger partial charge in [0.25, 0.3) is 5.91 Å². The third kappa shape index (κ3) is 6.05. The number of hydrogen-bond acceptors (Lipinski definition) is 11. The molecule has 0 radical (unpaired) electrons. The van der Waals surface area contributed by atoms with E-state index in [1.54, 1.807) is 4.90 Å². The number of para-hydroxylation sites is 1. The van der Waals surface area contributed by atoms with Gasteiger partial charge in [-0.2, -0.15) is 5.10 Å². The number of carbonyl (C=O) groups excluding carboxylic acids is 3. The molecule has 0 aliphatic carbocycles. The lowest BCUT2D eigenvalue weighted by atomic mass is 9.95. The van der Waals surface area contributed by atoms with Gasteiger partial charge >= 0.3 is 0 Å². The molecule has 3 aromatic carbocycles. The Morgan fingerprint density at radius 3 is 2.29 bits per heavy atom. The van der Waals surface area contributed by atoms with E-state index in [-0.39, 0.29) is 30.2 Å². The first-order valence-electron chi connectivity index (χ1n) is 19.2. The molecule has 0 spiro atoms. The first kappa shape index (κ1) is 33.7. The van der Waals surface area contributed by atoms with Crippen molar-refractivity contribution in [1.82, 2.24) is 39.8 Å². The smallest absolute Gasteiger partial charge is 0.255 e. The molecule has 1 atom stereocenters. The van der Waals surface area contributed by atoms with Crippen LogP contribution >= 0.6 is 0 Å². The molecule has 4 fully saturated rings. The molecule has 3 amide bonds. The summed E-state index contributed by atoms with van der Waals surface area (Å²) in [5.74, 6) is 1.18. The highest BCUT2D eigenvalue weighted by Gasteiger charge is 2.43. The first-order chi connectivity index (χ1) is 26.9. The molecule has 5 aliphatic heterocycles. The van der Waals surface area contributed by atoms with Crippen LogP contribution in [-0.2, 0) is 16.1 Å². The average Bonchev–Trinajstić information content (AvgIpc) is 3.71. The van der Waals surface area contributed by atoms with Crippen molar-refractivity contribution in [2.75, 3.05) is 49.9 Å². The molecule has 5 aromatic rings. The van der Waals surface area contributed by atoms with E-state index < -0.39 is 6.04 Å². The predicted molar refractivity (Wildman–Crippen MR) is 205 cm³/mol. The van der Waals surface area contributed by atoms with Crippen LogP contribution < -0.4 is 20.7 Å². The number of aromatic nitrogens is 4.